The highest BCUT2D eigenvalue weighted by Crippen LogP contribution is 2.15. The Hall–Kier alpha value is -2.40. The molecule has 22 heavy (non-hydrogen) atoms. The third kappa shape index (κ3) is 4.86. The van der Waals surface area contributed by atoms with Gasteiger partial charge < -0.3 is 15.4 Å². The molecule has 0 spiro atoms. The fourth-order valence-corrected chi connectivity index (χ4v) is 2.12. The van der Waals surface area contributed by atoms with E-state index in [1.807, 2.05) is 42.5 Å². The van der Waals surface area contributed by atoms with E-state index in [0.29, 0.717) is 6.54 Å². The van der Waals surface area contributed by atoms with E-state index in [4.69, 9.17) is 4.74 Å². The number of carbonyl (C=O) groups is 1. The highest BCUT2D eigenvalue weighted by molar-refractivity contribution is 5.82. The normalized spacial score (nSPS) is 11.7. The average Bonchev–Trinajstić information content (AvgIpc) is 2.57. The molecule has 0 unspecified atom stereocenters. The summed E-state index contributed by atoms with van der Waals surface area (Å²) in [7, 11) is 1.54. The topological polar surface area (TPSA) is 63.2 Å². The van der Waals surface area contributed by atoms with Crippen molar-refractivity contribution < 1.29 is 9.53 Å². The first-order chi connectivity index (χ1) is 10.8. The van der Waals surface area contributed by atoms with Crippen LogP contribution in [0.5, 0.6) is 0 Å². The Balaban J connectivity index is 1.71. The Morgan fingerprint density at radius 2 is 2.00 bits per heavy atom. The molecule has 0 fully saturated rings. The summed E-state index contributed by atoms with van der Waals surface area (Å²) in [6.45, 7) is 1.37. The van der Waals surface area contributed by atoms with Crippen molar-refractivity contribution in [3.8, 4) is 0 Å². The molecular formula is C17H21N3O2. The van der Waals surface area contributed by atoms with E-state index in [0.717, 1.165) is 24.2 Å². The van der Waals surface area contributed by atoms with Crippen molar-refractivity contribution >= 4 is 11.6 Å². The van der Waals surface area contributed by atoms with E-state index < -0.39 is 6.10 Å². The van der Waals surface area contributed by atoms with Crippen LogP contribution in [0.15, 0.2) is 54.9 Å². The van der Waals surface area contributed by atoms with Crippen LogP contribution in [0, 0.1) is 0 Å². The van der Waals surface area contributed by atoms with E-state index in [1.54, 1.807) is 19.5 Å². The van der Waals surface area contributed by atoms with Crippen LogP contribution in [0.25, 0.3) is 0 Å². The van der Waals surface area contributed by atoms with E-state index in [9.17, 15) is 4.79 Å². The molecule has 0 aliphatic rings. The Morgan fingerprint density at radius 3 is 2.68 bits per heavy atom. The largest absolute Gasteiger partial charge is 0.384 e. The summed E-state index contributed by atoms with van der Waals surface area (Å²) in [5.41, 5.74) is 1.84. The number of benzene rings is 1. The first-order valence-corrected chi connectivity index (χ1v) is 7.30. The molecule has 1 aromatic carbocycles. The molecule has 1 amide bonds. The van der Waals surface area contributed by atoms with Crippen LogP contribution in [0.2, 0.25) is 0 Å². The molecule has 2 rings (SSSR count). The Morgan fingerprint density at radius 1 is 1.18 bits per heavy atom. The van der Waals surface area contributed by atoms with Crippen molar-refractivity contribution in [2.45, 2.75) is 12.5 Å². The summed E-state index contributed by atoms with van der Waals surface area (Å²) in [4.78, 5) is 16.2. The molecule has 1 aromatic heterocycles. The molecule has 116 valence electrons. The molecule has 2 N–H and O–H groups in total. The molecule has 0 bridgehead atoms. The Kier molecular flexibility index (Phi) is 6.39. The molecule has 1 heterocycles. The number of aromatic nitrogens is 1. The highest BCUT2D eigenvalue weighted by atomic mass is 16.5. The molecule has 0 radical (unpaired) electrons. The quantitative estimate of drug-likeness (QED) is 0.735. The number of nitrogens with zero attached hydrogens (tertiary/aromatic N) is 1. The second-order valence-corrected chi connectivity index (χ2v) is 4.84. The van der Waals surface area contributed by atoms with Crippen molar-refractivity contribution in [1.29, 1.82) is 0 Å². The van der Waals surface area contributed by atoms with Gasteiger partial charge in [-0.05, 0) is 24.1 Å². The van der Waals surface area contributed by atoms with E-state index >= 15 is 0 Å². The van der Waals surface area contributed by atoms with Crippen molar-refractivity contribution in [2.75, 3.05) is 25.5 Å². The zero-order chi connectivity index (χ0) is 15.6. The molecule has 1 atom stereocenters. The number of pyridine rings is 1. The van der Waals surface area contributed by atoms with Gasteiger partial charge in [0.25, 0.3) is 5.91 Å². The minimum Gasteiger partial charge on any atom is -0.384 e. The maximum absolute atomic E-state index is 12.1. The molecule has 0 saturated heterocycles. The molecule has 0 aliphatic heterocycles. The summed E-state index contributed by atoms with van der Waals surface area (Å²) in [6, 6.07) is 13.3. The number of hydrogen-bond acceptors (Lipinski definition) is 4. The number of ether oxygens (including phenoxy) is 1. The van der Waals surface area contributed by atoms with Crippen molar-refractivity contribution in [1.82, 2.24) is 10.3 Å². The number of amides is 1. The van der Waals surface area contributed by atoms with Gasteiger partial charge in [0.2, 0.25) is 0 Å². The fourth-order valence-electron chi connectivity index (χ4n) is 2.12. The fraction of sp³-hybridized carbons (Fsp3) is 0.294. The van der Waals surface area contributed by atoms with Gasteiger partial charge in [-0.25, -0.2) is 0 Å². The third-order valence-electron chi connectivity index (χ3n) is 3.22. The second-order valence-electron chi connectivity index (χ2n) is 4.84. The molecule has 0 aliphatic carbocycles. The van der Waals surface area contributed by atoms with Crippen molar-refractivity contribution in [3.63, 3.8) is 0 Å². The first-order valence-electron chi connectivity index (χ1n) is 7.30. The summed E-state index contributed by atoms with van der Waals surface area (Å²) in [5.74, 6) is -0.116. The highest BCUT2D eigenvalue weighted by Gasteiger charge is 2.18. The Bertz CT molecular complexity index is 561. The number of carbonyl (C=O) groups excluding carboxylic acids is 1. The van der Waals surface area contributed by atoms with Crippen molar-refractivity contribution in [3.05, 3.63) is 60.4 Å². The molecule has 2 aromatic rings. The lowest BCUT2D eigenvalue weighted by Gasteiger charge is -2.15. The van der Waals surface area contributed by atoms with Gasteiger partial charge in [-0.15, -0.1) is 0 Å². The first kappa shape index (κ1) is 16.0. The maximum Gasteiger partial charge on any atom is 0.253 e. The molecule has 0 saturated carbocycles. The van der Waals surface area contributed by atoms with Crippen LogP contribution in [0.4, 0.5) is 5.69 Å². The monoisotopic (exact) mass is 299 g/mol. The van der Waals surface area contributed by atoms with Crippen LogP contribution in [-0.2, 0) is 9.53 Å². The maximum atomic E-state index is 12.1. The summed E-state index contributed by atoms with van der Waals surface area (Å²) in [5, 5.41) is 6.15. The lowest BCUT2D eigenvalue weighted by atomic mass is 10.1. The summed E-state index contributed by atoms with van der Waals surface area (Å²) >= 11 is 0. The standard InChI is InChI=1S/C17H21N3O2/c1-22-16(14-7-3-2-4-8-14)17(21)20-12-6-11-19-15-9-5-10-18-13-15/h2-5,7-10,13,16,19H,6,11-12H2,1H3,(H,20,21)/t16-/m0/s1. The number of anilines is 1. The average molecular weight is 299 g/mol. The lowest BCUT2D eigenvalue weighted by Crippen LogP contribution is -2.31. The van der Waals surface area contributed by atoms with Crippen LogP contribution < -0.4 is 10.6 Å². The van der Waals surface area contributed by atoms with Gasteiger partial charge in [0.05, 0.1) is 5.69 Å². The SMILES string of the molecule is CO[C@H](C(=O)NCCCNc1cccnc1)c1ccccc1. The van der Waals surface area contributed by atoms with E-state index in [1.165, 1.54) is 0 Å². The van der Waals surface area contributed by atoms with Gasteiger partial charge in [0.15, 0.2) is 6.10 Å². The smallest absolute Gasteiger partial charge is 0.253 e. The Labute approximate surface area is 130 Å². The van der Waals surface area contributed by atoms with Crippen LogP contribution in [-0.4, -0.2) is 31.1 Å². The van der Waals surface area contributed by atoms with Crippen molar-refractivity contribution in [2.24, 2.45) is 0 Å². The zero-order valence-corrected chi connectivity index (χ0v) is 12.7. The summed E-state index contributed by atoms with van der Waals surface area (Å²) in [6.07, 6.45) is 3.77. The minimum atomic E-state index is -0.563. The third-order valence-corrected chi connectivity index (χ3v) is 3.22. The van der Waals surface area contributed by atoms with E-state index in [-0.39, 0.29) is 5.91 Å². The van der Waals surface area contributed by atoms with Crippen LogP contribution >= 0.6 is 0 Å². The van der Waals surface area contributed by atoms with Crippen LogP contribution in [0.3, 0.4) is 0 Å². The van der Waals surface area contributed by atoms with Gasteiger partial charge in [0, 0.05) is 32.6 Å². The van der Waals surface area contributed by atoms with Gasteiger partial charge in [0.1, 0.15) is 0 Å². The number of nitrogens with one attached hydrogen (secondary N) is 2. The van der Waals surface area contributed by atoms with Gasteiger partial charge >= 0.3 is 0 Å². The van der Waals surface area contributed by atoms with Gasteiger partial charge in [-0.3, -0.25) is 9.78 Å². The predicted octanol–water partition coefficient (Wildman–Crippen LogP) is 2.39. The number of methoxy groups -OCH3 is 1. The predicted molar refractivity (Wildman–Crippen MR) is 86.5 cm³/mol. The summed E-state index contributed by atoms with van der Waals surface area (Å²) < 4.78 is 5.29. The van der Waals surface area contributed by atoms with Crippen LogP contribution in [0.1, 0.15) is 18.1 Å². The second kappa shape index (κ2) is 8.79. The van der Waals surface area contributed by atoms with Gasteiger partial charge in [-0.2, -0.15) is 0 Å². The molecule has 5 nitrogen and oxygen atoms in total. The number of hydrogen-bond donors (Lipinski definition) is 2. The van der Waals surface area contributed by atoms with Gasteiger partial charge in [-0.1, -0.05) is 30.3 Å². The zero-order valence-electron chi connectivity index (χ0n) is 12.7. The molecule has 5 heteroatoms. The van der Waals surface area contributed by atoms with E-state index in [2.05, 4.69) is 15.6 Å². The molecular weight excluding hydrogens is 278 g/mol. The lowest BCUT2D eigenvalue weighted by molar-refractivity contribution is -0.131. The minimum absolute atomic E-state index is 0.116. The number of rotatable bonds is 8.